The number of pyridine rings is 1. The average Bonchev–Trinajstić information content (AvgIpc) is 2.32. The molecule has 0 radical (unpaired) electrons. The molecule has 0 saturated heterocycles. The fourth-order valence-corrected chi connectivity index (χ4v) is 1.71. The van der Waals surface area contributed by atoms with E-state index in [0.29, 0.717) is 16.5 Å². The summed E-state index contributed by atoms with van der Waals surface area (Å²) in [5.74, 6) is 0.400. The SMILES string of the molecule is O=C(Nc1ccc(Br)cc1)Nc1cc(Cl)ccn1. The van der Waals surface area contributed by atoms with Crippen molar-refractivity contribution in [3.05, 3.63) is 52.1 Å². The molecule has 0 saturated carbocycles. The monoisotopic (exact) mass is 325 g/mol. The average molecular weight is 327 g/mol. The topological polar surface area (TPSA) is 54.0 Å². The zero-order valence-corrected chi connectivity index (χ0v) is 11.5. The predicted molar refractivity (Wildman–Crippen MR) is 76.0 cm³/mol. The molecule has 0 fully saturated rings. The Morgan fingerprint density at radius 2 is 1.89 bits per heavy atom. The fraction of sp³-hybridized carbons (Fsp3) is 0. The Labute approximate surface area is 118 Å². The van der Waals surface area contributed by atoms with Crippen LogP contribution in [0.4, 0.5) is 16.3 Å². The minimum atomic E-state index is -0.368. The van der Waals surface area contributed by atoms with Crippen molar-refractivity contribution in [3.8, 4) is 0 Å². The first-order chi connectivity index (χ1) is 8.63. The van der Waals surface area contributed by atoms with Gasteiger partial charge in [-0.25, -0.2) is 9.78 Å². The van der Waals surface area contributed by atoms with Crippen molar-refractivity contribution in [2.24, 2.45) is 0 Å². The molecule has 0 aliphatic rings. The van der Waals surface area contributed by atoms with Crippen molar-refractivity contribution in [2.75, 3.05) is 10.6 Å². The molecule has 6 heteroatoms. The van der Waals surface area contributed by atoms with Crippen molar-refractivity contribution < 1.29 is 4.79 Å². The zero-order valence-electron chi connectivity index (χ0n) is 9.15. The van der Waals surface area contributed by atoms with Gasteiger partial charge in [0.1, 0.15) is 5.82 Å². The van der Waals surface area contributed by atoms with Crippen molar-refractivity contribution in [3.63, 3.8) is 0 Å². The molecule has 0 bridgehead atoms. The summed E-state index contributed by atoms with van der Waals surface area (Å²) in [4.78, 5) is 15.6. The van der Waals surface area contributed by atoms with E-state index in [1.165, 1.54) is 6.20 Å². The highest BCUT2D eigenvalue weighted by Crippen LogP contribution is 2.15. The van der Waals surface area contributed by atoms with Crippen LogP contribution < -0.4 is 10.6 Å². The Balaban J connectivity index is 1.98. The summed E-state index contributed by atoms with van der Waals surface area (Å²) in [6.07, 6.45) is 1.53. The molecule has 0 unspecified atom stereocenters. The summed E-state index contributed by atoms with van der Waals surface area (Å²) in [5, 5.41) is 5.79. The van der Waals surface area contributed by atoms with Gasteiger partial charge >= 0.3 is 6.03 Å². The van der Waals surface area contributed by atoms with Gasteiger partial charge in [0.15, 0.2) is 0 Å². The summed E-state index contributed by atoms with van der Waals surface area (Å²) in [7, 11) is 0. The highest BCUT2D eigenvalue weighted by Gasteiger charge is 2.03. The second kappa shape index (κ2) is 5.84. The lowest BCUT2D eigenvalue weighted by molar-refractivity contribution is 0.262. The van der Waals surface area contributed by atoms with Gasteiger partial charge in [-0.15, -0.1) is 0 Å². The van der Waals surface area contributed by atoms with Crippen molar-refractivity contribution in [1.29, 1.82) is 0 Å². The van der Waals surface area contributed by atoms with Crippen LogP contribution in [0, 0.1) is 0 Å². The first-order valence-electron chi connectivity index (χ1n) is 5.08. The molecule has 0 spiro atoms. The van der Waals surface area contributed by atoms with E-state index in [-0.39, 0.29) is 6.03 Å². The number of nitrogens with one attached hydrogen (secondary N) is 2. The van der Waals surface area contributed by atoms with Crippen molar-refractivity contribution >= 4 is 45.1 Å². The van der Waals surface area contributed by atoms with Crippen LogP contribution in [0.25, 0.3) is 0 Å². The van der Waals surface area contributed by atoms with Crippen LogP contribution in [-0.4, -0.2) is 11.0 Å². The van der Waals surface area contributed by atoms with E-state index in [1.807, 2.05) is 12.1 Å². The summed E-state index contributed by atoms with van der Waals surface area (Å²) in [5.41, 5.74) is 0.692. The Bertz CT molecular complexity index is 560. The summed E-state index contributed by atoms with van der Waals surface area (Å²) in [6.45, 7) is 0. The second-order valence-electron chi connectivity index (χ2n) is 3.45. The highest BCUT2D eigenvalue weighted by atomic mass is 79.9. The number of anilines is 2. The maximum absolute atomic E-state index is 11.7. The Kier molecular flexibility index (Phi) is 4.17. The molecule has 0 aliphatic carbocycles. The van der Waals surface area contributed by atoms with Gasteiger partial charge in [-0.1, -0.05) is 27.5 Å². The summed E-state index contributed by atoms with van der Waals surface area (Å²) >= 11 is 9.11. The van der Waals surface area contributed by atoms with Crippen LogP contribution in [0.1, 0.15) is 0 Å². The third-order valence-electron chi connectivity index (χ3n) is 2.07. The van der Waals surface area contributed by atoms with Gasteiger partial charge < -0.3 is 5.32 Å². The second-order valence-corrected chi connectivity index (χ2v) is 4.80. The van der Waals surface area contributed by atoms with E-state index in [0.717, 1.165) is 4.47 Å². The molecule has 2 aromatic rings. The maximum Gasteiger partial charge on any atom is 0.324 e. The van der Waals surface area contributed by atoms with Gasteiger partial charge in [-0.3, -0.25) is 5.32 Å². The Morgan fingerprint density at radius 3 is 2.56 bits per heavy atom. The maximum atomic E-state index is 11.7. The number of benzene rings is 1. The van der Waals surface area contributed by atoms with E-state index in [2.05, 4.69) is 31.5 Å². The molecule has 2 rings (SSSR count). The molecular formula is C12H9BrClN3O. The minimum absolute atomic E-state index is 0.368. The number of halogens is 2. The van der Waals surface area contributed by atoms with E-state index in [9.17, 15) is 4.79 Å². The van der Waals surface area contributed by atoms with Crippen LogP contribution in [0.15, 0.2) is 47.1 Å². The zero-order chi connectivity index (χ0) is 13.0. The highest BCUT2D eigenvalue weighted by molar-refractivity contribution is 9.10. The lowest BCUT2D eigenvalue weighted by Gasteiger charge is -2.07. The van der Waals surface area contributed by atoms with Crippen molar-refractivity contribution in [2.45, 2.75) is 0 Å². The molecule has 2 amide bonds. The van der Waals surface area contributed by atoms with Crippen LogP contribution in [0.3, 0.4) is 0 Å². The van der Waals surface area contributed by atoms with Crippen LogP contribution in [0.5, 0.6) is 0 Å². The lowest BCUT2D eigenvalue weighted by atomic mass is 10.3. The first kappa shape index (κ1) is 12.9. The van der Waals surface area contributed by atoms with Gasteiger partial charge in [0.25, 0.3) is 0 Å². The van der Waals surface area contributed by atoms with Gasteiger partial charge in [-0.05, 0) is 36.4 Å². The molecule has 1 aromatic heterocycles. The number of carbonyl (C=O) groups excluding carboxylic acids is 1. The first-order valence-corrected chi connectivity index (χ1v) is 6.26. The Hall–Kier alpha value is -1.59. The van der Waals surface area contributed by atoms with Gasteiger partial charge in [0.2, 0.25) is 0 Å². The van der Waals surface area contributed by atoms with E-state index in [4.69, 9.17) is 11.6 Å². The molecule has 1 heterocycles. The largest absolute Gasteiger partial charge is 0.324 e. The Morgan fingerprint density at radius 1 is 1.17 bits per heavy atom. The van der Waals surface area contributed by atoms with Crippen LogP contribution in [0.2, 0.25) is 5.02 Å². The number of rotatable bonds is 2. The molecule has 18 heavy (non-hydrogen) atoms. The molecule has 92 valence electrons. The molecule has 0 atom stereocenters. The summed E-state index contributed by atoms with van der Waals surface area (Å²) < 4.78 is 0.949. The normalized spacial score (nSPS) is 9.89. The molecular weight excluding hydrogens is 318 g/mol. The van der Waals surface area contributed by atoms with E-state index in [1.54, 1.807) is 24.3 Å². The number of hydrogen-bond acceptors (Lipinski definition) is 2. The predicted octanol–water partition coefficient (Wildman–Crippen LogP) is 4.14. The van der Waals surface area contributed by atoms with E-state index < -0.39 is 0 Å². The fourth-order valence-electron chi connectivity index (χ4n) is 1.29. The quantitative estimate of drug-likeness (QED) is 0.871. The van der Waals surface area contributed by atoms with Gasteiger partial charge in [0, 0.05) is 21.4 Å². The number of urea groups is 1. The number of carbonyl (C=O) groups is 1. The number of aromatic nitrogens is 1. The molecule has 2 N–H and O–H groups in total. The van der Waals surface area contributed by atoms with Gasteiger partial charge in [-0.2, -0.15) is 0 Å². The number of nitrogens with zero attached hydrogens (tertiary/aromatic N) is 1. The van der Waals surface area contributed by atoms with Crippen LogP contribution >= 0.6 is 27.5 Å². The standard InChI is InChI=1S/C12H9BrClN3O/c13-8-1-3-10(4-2-8)16-12(18)17-11-7-9(14)5-6-15-11/h1-7H,(H2,15,16,17,18). The molecule has 4 nitrogen and oxygen atoms in total. The lowest BCUT2D eigenvalue weighted by Crippen LogP contribution is -2.19. The minimum Gasteiger partial charge on any atom is -0.308 e. The molecule has 1 aromatic carbocycles. The van der Waals surface area contributed by atoms with Gasteiger partial charge in [0.05, 0.1) is 0 Å². The van der Waals surface area contributed by atoms with Crippen LogP contribution in [-0.2, 0) is 0 Å². The smallest absolute Gasteiger partial charge is 0.308 e. The summed E-state index contributed by atoms with van der Waals surface area (Å²) in [6, 6.07) is 10.1. The third-order valence-corrected chi connectivity index (χ3v) is 2.83. The third kappa shape index (κ3) is 3.72. The number of amides is 2. The van der Waals surface area contributed by atoms with E-state index >= 15 is 0 Å². The molecule has 0 aliphatic heterocycles. The number of hydrogen-bond donors (Lipinski definition) is 2. The van der Waals surface area contributed by atoms with Crippen molar-refractivity contribution in [1.82, 2.24) is 4.98 Å².